The van der Waals surface area contributed by atoms with Crippen molar-refractivity contribution in [2.45, 2.75) is 145 Å². The van der Waals surface area contributed by atoms with Gasteiger partial charge in [0.05, 0.1) is 43.9 Å². The molecule has 0 fully saturated rings. The van der Waals surface area contributed by atoms with Crippen molar-refractivity contribution in [1.82, 2.24) is 67.8 Å². The van der Waals surface area contributed by atoms with Crippen LogP contribution < -0.4 is 65.1 Å². The van der Waals surface area contributed by atoms with Crippen LogP contribution in [0.2, 0.25) is 0 Å². The number of aliphatic carboxylic acids is 2. The highest BCUT2D eigenvalue weighted by Crippen LogP contribution is 2.14. The lowest BCUT2D eigenvalue weighted by molar-refractivity contribution is -0.145. The van der Waals surface area contributed by atoms with Crippen molar-refractivity contribution in [2.24, 2.45) is 17.2 Å². The molecule has 0 aliphatic heterocycles. The first-order valence-corrected chi connectivity index (χ1v) is 25.7. The van der Waals surface area contributed by atoms with Crippen LogP contribution in [-0.4, -0.2) is 196 Å². The molecule has 3 aromatic rings. The minimum atomic E-state index is -2.04. The van der Waals surface area contributed by atoms with Crippen LogP contribution in [0.5, 0.6) is 5.75 Å². The van der Waals surface area contributed by atoms with Crippen LogP contribution in [0, 0.1) is 0 Å². The van der Waals surface area contributed by atoms with Gasteiger partial charge in [0, 0.05) is 49.5 Å². The van der Waals surface area contributed by atoms with Gasteiger partial charge in [0.25, 0.3) is 0 Å². The molecule has 82 heavy (non-hydrogen) atoms. The van der Waals surface area contributed by atoms with Gasteiger partial charge in [0.1, 0.15) is 48.0 Å². The molecule has 10 amide bonds. The van der Waals surface area contributed by atoms with Gasteiger partial charge in [0.2, 0.25) is 59.1 Å². The third-order valence-corrected chi connectivity index (χ3v) is 12.2. The van der Waals surface area contributed by atoms with Gasteiger partial charge in [-0.25, -0.2) is 14.8 Å². The molecule has 3 rings (SSSR count). The minimum absolute atomic E-state index is 0.0732. The van der Waals surface area contributed by atoms with Crippen molar-refractivity contribution in [3.63, 3.8) is 0 Å². The highest BCUT2D eigenvalue weighted by molar-refractivity contribution is 5.99. The number of benzene rings is 1. The molecule has 22 N–H and O–H groups in total. The molecule has 33 heteroatoms. The molecule has 0 radical (unpaired) electrons. The number of aliphatic hydroxyl groups excluding tert-OH is 2. The number of aliphatic hydroxyl groups is 2. The summed E-state index contributed by atoms with van der Waals surface area (Å²) in [5, 5.41) is 70.7. The number of aromatic hydroxyl groups is 1. The average Bonchev–Trinajstić information content (AvgIpc) is 4.19. The summed E-state index contributed by atoms with van der Waals surface area (Å²) >= 11 is 0. The number of hydrogen-bond donors (Lipinski definition) is 19. The number of nitrogens with two attached hydrogens (primary N) is 3. The van der Waals surface area contributed by atoms with Gasteiger partial charge >= 0.3 is 11.9 Å². The smallest absolute Gasteiger partial charge is 0.328 e. The Hall–Kier alpha value is -9.08. The first-order valence-electron chi connectivity index (χ1n) is 25.7. The summed E-state index contributed by atoms with van der Waals surface area (Å²) in [5.74, 6) is -13.5. The van der Waals surface area contributed by atoms with Gasteiger partial charge in [-0.3, -0.25) is 52.7 Å². The van der Waals surface area contributed by atoms with E-state index in [1.165, 1.54) is 56.2 Å². The van der Waals surface area contributed by atoms with E-state index in [9.17, 15) is 83.1 Å². The molecule has 0 aliphatic carbocycles. The van der Waals surface area contributed by atoms with Gasteiger partial charge in [-0.05, 0) is 70.7 Å². The van der Waals surface area contributed by atoms with Crippen LogP contribution >= 0.6 is 0 Å². The van der Waals surface area contributed by atoms with Gasteiger partial charge in [-0.1, -0.05) is 12.1 Å². The van der Waals surface area contributed by atoms with E-state index in [1.807, 2.05) is 0 Å². The Kier molecular flexibility index (Phi) is 27.4. The molecule has 450 valence electrons. The van der Waals surface area contributed by atoms with Crippen LogP contribution in [0.3, 0.4) is 0 Å². The van der Waals surface area contributed by atoms with Crippen molar-refractivity contribution in [1.29, 1.82) is 0 Å². The van der Waals surface area contributed by atoms with Crippen molar-refractivity contribution < 1.29 is 83.1 Å². The summed E-state index contributed by atoms with van der Waals surface area (Å²) in [6.45, 7) is 2.83. The molecule has 0 unspecified atom stereocenters. The quantitative estimate of drug-likeness (QED) is 0.0241. The second-order valence-corrected chi connectivity index (χ2v) is 19.0. The Morgan fingerprint density at radius 1 is 0.573 bits per heavy atom. The number of carboxylic acids is 2. The van der Waals surface area contributed by atoms with Gasteiger partial charge in [0.15, 0.2) is 6.04 Å². The van der Waals surface area contributed by atoms with E-state index in [0.29, 0.717) is 17.7 Å². The fourth-order valence-corrected chi connectivity index (χ4v) is 7.63. The van der Waals surface area contributed by atoms with E-state index in [2.05, 4.69) is 67.8 Å². The van der Waals surface area contributed by atoms with Gasteiger partial charge in [-0.15, -0.1) is 0 Å². The number of nitrogens with one attached hydrogen (secondary N) is 11. The maximum absolute atomic E-state index is 14.2. The maximum Gasteiger partial charge on any atom is 0.328 e. The molecular weight excluding hydrogens is 1080 g/mol. The number of phenols is 1. The van der Waals surface area contributed by atoms with Crippen LogP contribution in [0.4, 0.5) is 0 Å². The fraction of sp³-hybridized carbons (Fsp3) is 0.510. The minimum Gasteiger partial charge on any atom is -0.508 e. The zero-order chi connectivity index (χ0) is 61.2. The largest absolute Gasteiger partial charge is 0.508 e. The van der Waals surface area contributed by atoms with Crippen molar-refractivity contribution in [3.05, 3.63) is 66.3 Å². The van der Waals surface area contributed by atoms with E-state index >= 15 is 0 Å². The lowest BCUT2D eigenvalue weighted by Crippen LogP contribution is -2.62. The number of nitrogens with zero attached hydrogens (tertiary/aromatic N) is 2. The number of carbonyl (C=O) groups is 12. The van der Waals surface area contributed by atoms with E-state index < -0.39 is 151 Å². The number of imidazole rings is 2. The summed E-state index contributed by atoms with van der Waals surface area (Å²) in [4.78, 5) is 171. The summed E-state index contributed by atoms with van der Waals surface area (Å²) in [5.41, 5.74) is 17.7. The predicted octanol–water partition coefficient (Wildman–Crippen LogP) is -7.08. The van der Waals surface area contributed by atoms with E-state index in [-0.39, 0.29) is 62.9 Å². The monoisotopic (exact) mass is 1160 g/mol. The molecule has 0 saturated carbocycles. The lowest BCUT2D eigenvalue weighted by Gasteiger charge is -2.28. The van der Waals surface area contributed by atoms with Crippen LogP contribution in [-0.2, 0) is 76.8 Å². The van der Waals surface area contributed by atoms with Gasteiger partial charge in [-0.2, -0.15) is 0 Å². The molecule has 0 saturated heterocycles. The molecule has 0 aliphatic rings. The van der Waals surface area contributed by atoms with E-state index in [0.717, 1.165) is 13.8 Å². The zero-order valence-electron chi connectivity index (χ0n) is 45.0. The Labute approximate surface area is 468 Å². The molecule has 2 aromatic heterocycles. The SMILES string of the molecule is C[C@H](NC(=O)CNC(=O)[C@H](CCCCN)NC(=O)[C@H](Cc1cnc[nH]1)NC(=O)[C@H](CC(=O)O)NC(=O)[C@@H](NC(=O)[C@H](Cc1ccc(O)cc1)NC(=O)[C@H](Cc1cnc[nH]1)NC(=O)[C@@H](N)CCC(N)=O)[C@@H](C)O)C(=O)N[C@H](C(=O)O)[C@@H](C)O. The van der Waals surface area contributed by atoms with Crippen LogP contribution in [0.15, 0.2) is 49.3 Å². The molecule has 0 spiro atoms. The number of H-pyrrole nitrogens is 2. The summed E-state index contributed by atoms with van der Waals surface area (Å²) in [7, 11) is 0. The number of aromatic amines is 2. The summed E-state index contributed by atoms with van der Waals surface area (Å²) in [6, 6.07) is -9.13. The molecule has 0 bridgehead atoms. The standard InChI is InChI=1S/C49H72N16O17/c1-23(41(73)65-40(25(3)67)49(81)82)58-37(70)20-55-43(75)31(6-4-5-13-50)59-44(76)34(16-28-19-54-22-57-28)62-46(78)35(17-38(71)72)63-48(80)39(24(2)66)64-47(79)32(14-26-7-9-29(68)10-8-26)61-45(77)33(15-27-18-53-21-56-27)60-42(74)30(51)11-12-36(52)69/h7-10,18-19,21-25,30-35,39-40,66-68H,4-6,11-17,20,50-51H2,1-3H3,(H2,52,69)(H,53,56)(H,54,57)(H,55,75)(H,58,70)(H,59,76)(H,60,74)(H,61,77)(H,62,78)(H,63,80)(H,64,79)(H,65,73)(H,71,72)(H,81,82)/t23-,24+,25+,30-,31-,32-,33-,34-,35-,39-,40-/m0/s1. The summed E-state index contributed by atoms with van der Waals surface area (Å²) in [6.07, 6.45) is -0.0627. The average molecular weight is 1160 g/mol. The topological polar surface area (TPSA) is 550 Å². The van der Waals surface area contributed by atoms with Crippen molar-refractivity contribution >= 4 is 71.0 Å². The lowest BCUT2D eigenvalue weighted by atomic mass is 10.0. The molecule has 33 nitrogen and oxygen atoms in total. The molecule has 2 heterocycles. The number of aromatic nitrogens is 4. The number of rotatable bonds is 36. The first-order chi connectivity index (χ1) is 38.7. The van der Waals surface area contributed by atoms with Crippen LogP contribution in [0.1, 0.15) is 76.2 Å². The van der Waals surface area contributed by atoms with E-state index in [4.69, 9.17) is 17.2 Å². The predicted molar refractivity (Wildman–Crippen MR) is 283 cm³/mol. The number of amides is 10. The number of hydrogen-bond acceptors (Lipinski definition) is 19. The molecular formula is C49H72N16O17. The van der Waals surface area contributed by atoms with E-state index in [1.54, 1.807) is 0 Å². The Balaban J connectivity index is 1.87. The zero-order valence-corrected chi connectivity index (χ0v) is 45.0. The third-order valence-electron chi connectivity index (χ3n) is 12.2. The Morgan fingerprint density at radius 3 is 1.55 bits per heavy atom. The second kappa shape index (κ2) is 33.5. The number of unbranched alkanes of at least 4 members (excludes halogenated alkanes) is 1. The highest BCUT2D eigenvalue weighted by atomic mass is 16.4. The third kappa shape index (κ3) is 23.3. The number of carbonyl (C=O) groups excluding carboxylic acids is 10. The number of phenolic OH excluding ortho intramolecular Hbond substituents is 1. The van der Waals surface area contributed by atoms with Crippen molar-refractivity contribution in [3.8, 4) is 5.75 Å². The van der Waals surface area contributed by atoms with Gasteiger partial charge < -0.3 is 101 Å². The Bertz CT molecular complexity index is 2660. The molecule has 1 aromatic carbocycles. The normalized spacial score (nSPS) is 15.1. The first kappa shape index (κ1) is 67.2. The highest BCUT2D eigenvalue weighted by Gasteiger charge is 2.37. The van der Waals surface area contributed by atoms with Crippen molar-refractivity contribution in [2.75, 3.05) is 13.1 Å². The Morgan fingerprint density at radius 2 is 1.06 bits per heavy atom. The number of primary amides is 1. The maximum atomic E-state index is 14.2. The number of carboxylic acid groups (broad SMARTS) is 2. The van der Waals surface area contributed by atoms with Crippen LogP contribution in [0.25, 0.3) is 0 Å². The fourth-order valence-electron chi connectivity index (χ4n) is 7.63. The second-order valence-electron chi connectivity index (χ2n) is 19.0. The molecule has 11 atom stereocenters. The summed E-state index contributed by atoms with van der Waals surface area (Å²) < 4.78 is 0.